The molecule has 20 heavy (non-hydrogen) atoms. The molecule has 3 heteroatoms. The number of nitrogens with two attached hydrogens (primary N) is 1. The maximum Gasteiger partial charge on any atom is 0.0392 e. The number of piperidine rings is 1. The van der Waals surface area contributed by atoms with Gasteiger partial charge in [0.25, 0.3) is 0 Å². The highest BCUT2D eigenvalue weighted by atomic mass is 15.3. The zero-order chi connectivity index (χ0) is 14.4. The Bertz CT molecular complexity index is 382. The predicted molar refractivity (Wildman–Crippen MR) is 85.4 cm³/mol. The number of hydrogen-bond donors (Lipinski definition) is 2. The summed E-state index contributed by atoms with van der Waals surface area (Å²) in [6.45, 7) is 7.06. The number of nitrogens with one attached hydrogen (secondary N) is 1. The number of aryl methyl sites for hydroxylation is 1. The molecule has 0 radical (unpaired) electrons. The minimum Gasteiger partial charge on any atom is -0.297 e. The SMILES string of the molecule is CC(C)(C(CCc1ccccc1)NN)N1CCCCC1. The van der Waals surface area contributed by atoms with Gasteiger partial charge in [-0.15, -0.1) is 0 Å². The monoisotopic (exact) mass is 275 g/mol. The van der Waals surface area contributed by atoms with Crippen LogP contribution in [0.25, 0.3) is 0 Å². The molecule has 1 aliphatic heterocycles. The van der Waals surface area contributed by atoms with Gasteiger partial charge in [0.2, 0.25) is 0 Å². The Hall–Kier alpha value is -0.900. The molecule has 0 saturated carbocycles. The van der Waals surface area contributed by atoms with Crippen molar-refractivity contribution < 1.29 is 0 Å². The van der Waals surface area contributed by atoms with Crippen LogP contribution in [0.4, 0.5) is 0 Å². The molecule has 3 N–H and O–H groups in total. The summed E-state index contributed by atoms with van der Waals surface area (Å²) < 4.78 is 0. The molecule has 0 spiro atoms. The van der Waals surface area contributed by atoms with Crippen molar-refractivity contribution in [2.45, 2.75) is 57.5 Å². The highest BCUT2D eigenvalue weighted by molar-refractivity contribution is 5.15. The lowest BCUT2D eigenvalue weighted by atomic mass is 9.87. The van der Waals surface area contributed by atoms with Gasteiger partial charge in [-0.05, 0) is 58.2 Å². The zero-order valence-corrected chi connectivity index (χ0v) is 12.9. The molecular formula is C17H29N3. The van der Waals surface area contributed by atoms with Gasteiger partial charge in [0.05, 0.1) is 0 Å². The zero-order valence-electron chi connectivity index (χ0n) is 12.9. The fourth-order valence-corrected chi connectivity index (χ4v) is 3.29. The maximum atomic E-state index is 5.85. The van der Waals surface area contributed by atoms with Gasteiger partial charge < -0.3 is 0 Å². The summed E-state index contributed by atoms with van der Waals surface area (Å²) in [6.07, 6.45) is 6.16. The van der Waals surface area contributed by atoms with Crippen molar-refractivity contribution in [2.24, 2.45) is 5.84 Å². The fraction of sp³-hybridized carbons (Fsp3) is 0.647. The van der Waals surface area contributed by atoms with Crippen LogP contribution in [0, 0.1) is 0 Å². The first-order valence-electron chi connectivity index (χ1n) is 7.89. The van der Waals surface area contributed by atoms with Crippen LogP contribution >= 0.6 is 0 Å². The van der Waals surface area contributed by atoms with Gasteiger partial charge >= 0.3 is 0 Å². The average Bonchev–Trinajstić information content (AvgIpc) is 2.49. The molecule has 1 aromatic rings. The van der Waals surface area contributed by atoms with Gasteiger partial charge in [-0.2, -0.15) is 0 Å². The van der Waals surface area contributed by atoms with Crippen LogP contribution in [0.1, 0.15) is 45.1 Å². The Balaban J connectivity index is 1.95. The average molecular weight is 275 g/mol. The van der Waals surface area contributed by atoms with E-state index in [9.17, 15) is 0 Å². The molecule has 0 aromatic heterocycles. The lowest BCUT2D eigenvalue weighted by Crippen LogP contribution is -2.60. The summed E-state index contributed by atoms with van der Waals surface area (Å²) in [4.78, 5) is 2.60. The topological polar surface area (TPSA) is 41.3 Å². The quantitative estimate of drug-likeness (QED) is 0.619. The molecule has 1 fully saturated rings. The van der Waals surface area contributed by atoms with Gasteiger partial charge in [0.1, 0.15) is 0 Å². The minimum absolute atomic E-state index is 0.115. The Morgan fingerprint density at radius 3 is 2.40 bits per heavy atom. The molecule has 1 unspecified atom stereocenters. The highest BCUT2D eigenvalue weighted by Crippen LogP contribution is 2.26. The summed E-state index contributed by atoms with van der Waals surface area (Å²) in [7, 11) is 0. The molecule has 0 amide bonds. The van der Waals surface area contributed by atoms with Gasteiger partial charge in [-0.1, -0.05) is 36.8 Å². The first-order chi connectivity index (χ1) is 9.64. The van der Waals surface area contributed by atoms with Crippen molar-refractivity contribution in [1.82, 2.24) is 10.3 Å². The third-order valence-electron chi connectivity index (χ3n) is 4.79. The van der Waals surface area contributed by atoms with Crippen molar-refractivity contribution in [2.75, 3.05) is 13.1 Å². The van der Waals surface area contributed by atoms with E-state index in [4.69, 9.17) is 5.84 Å². The van der Waals surface area contributed by atoms with Crippen molar-refractivity contribution >= 4 is 0 Å². The summed E-state index contributed by atoms with van der Waals surface area (Å²) in [5, 5.41) is 0. The van der Waals surface area contributed by atoms with Gasteiger partial charge in [0, 0.05) is 11.6 Å². The van der Waals surface area contributed by atoms with Crippen molar-refractivity contribution in [3.8, 4) is 0 Å². The minimum atomic E-state index is 0.115. The summed E-state index contributed by atoms with van der Waals surface area (Å²) in [5.41, 5.74) is 4.57. The van der Waals surface area contributed by atoms with E-state index in [1.165, 1.54) is 37.9 Å². The third kappa shape index (κ3) is 3.81. The lowest BCUT2D eigenvalue weighted by molar-refractivity contribution is 0.0583. The molecule has 1 atom stereocenters. The Kier molecular flexibility index (Phi) is 5.58. The Morgan fingerprint density at radius 2 is 1.80 bits per heavy atom. The second-order valence-electron chi connectivity index (χ2n) is 6.44. The van der Waals surface area contributed by atoms with E-state index in [1.807, 2.05) is 0 Å². The van der Waals surface area contributed by atoms with Crippen molar-refractivity contribution in [3.63, 3.8) is 0 Å². The lowest BCUT2D eigenvalue weighted by Gasteiger charge is -2.45. The van der Waals surface area contributed by atoms with E-state index in [-0.39, 0.29) is 5.54 Å². The van der Waals surface area contributed by atoms with E-state index in [2.05, 4.69) is 54.5 Å². The normalized spacial score (nSPS) is 18.9. The van der Waals surface area contributed by atoms with Gasteiger partial charge in [-0.3, -0.25) is 16.2 Å². The number of rotatable bonds is 6. The summed E-state index contributed by atoms with van der Waals surface area (Å²) in [5.74, 6) is 5.85. The van der Waals surface area contributed by atoms with E-state index in [1.54, 1.807) is 0 Å². The highest BCUT2D eigenvalue weighted by Gasteiger charge is 2.35. The molecule has 112 valence electrons. The van der Waals surface area contributed by atoms with E-state index in [0.29, 0.717) is 6.04 Å². The second-order valence-corrected chi connectivity index (χ2v) is 6.44. The van der Waals surface area contributed by atoms with Gasteiger partial charge in [0.15, 0.2) is 0 Å². The Morgan fingerprint density at radius 1 is 1.15 bits per heavy atom. The molecule has 0 aliphatic carbocycles. The van der Waals surface area contributed by atoms with Crippen LogP contribution in [0.3, 0.4) is 0 Å². The molecule has 2 rings (SSSR count). The molecule has 1 aromatic carbocycles. The smallest absolute Gasteiger partial charge is 0.0392 e. The van der Waals surface area contributed by atoms with Crippen LogP contribution in [-0.4, -0.2) is 29.6 Å². The van der Waals surface area contributed by atoms with Crippen LogP contribution < -0.4 is 11.3 Å². The molecular weight excluding hydrogens is 246 g/mol. The van der Waals surface area contributed by atoms with Crippen LogP contribution in [-0.2, 0) is 6.42 Å². The van der Waals surface area contributed by atoms with Crippen LogP contribution in [0.15, 0.2) is 30.3 Å². The second kappa shape index (κ2) is 7.21. The third-order valence-corrected chi connectivity index (χ3v) is 4.79. The number of likely N-dealkylation sites (tertiary alicyclic amines) is 1. The predicted octanol–water partition coefficient (Wildman–Crippen LogP) is 2.72. The standard InChI is InChI=1S/C17H29N3/c1-17(2,20-13-7-4-8-14-20)16(19-18)12-11-15-9-5-3-6-10-15/h3,5-6,9-10,16,19H,4,7-8,11-14,18H2,1-2H3. The number of hydrazine groups is 1. The molecule has 1 aliphatic rings. The summed E-state index contributed by atoms with van der Waals surface area (Å²) >= 11 is 0. The Labute approximate surface area is 123 Å². The van der Waals surface area contributed by atoms with Gasteiger partial charge in [-0.25, -0.2) is 0 Å². The van der Waals surface area contributed by atoms with Crippen LogP contribution in [0.2, 0.25) is 0 Å². The van der Waals surface area contributed by atoms with E-state index >= 15 is 0 Å². The first-order valence-corrected chi connectivity index (χ1v) is 7.89. The van der Waals surface area contributed by atoms with E-state index < -0.39 is 0 Å². The van der Waals surface area contributed by atoms with E-state index in [0.717, 1.165) is 12.8 Å². The molecule has 1 heterocycles. The molecule has 1 saturated heterocycles. The number of nitrogens with zero attached hydrogens (tertiary/aromatic N) is 1. The summed E-state index contributed by atoms with van der Waals surface area (Å²) in [6, 6.07) is 11.0. The number of benzene rings is 1. The van der Waals surface area contributed by atoms with Crippen molar-refractivity contribution in [3.05, 3.63) is 35.9 Å². The first kappa shape index (κ1) is 15.5. The largest absolute Gasteiger partial charge is 0.297 e. The molecule has 3 nitrogen and oxygen atoms in total. The number of hydrogen-bond acceptors (Lipinski definition) is 3. The maximum absolute atomic E-state index is 5.85. The van der Waals surface area contributed by atoms with Crippen LogP contribution in [0.5, 0.6) is 0 Å². The molecule has 0 bridgehead atoms. The van der Waals surface area contributed by atoms with Crippen molar-refractivity contribution in [1.29, 1.82) is 0 Å². The fourth-order valence-electron chi connectivity index (χ4n) is 3.29.